The van der Waals surface area contributed by atoms with Gasteiger partial charge in [-0.2, -0.15) is 0 Å². The summed E-state index contributed by atoms with van der Waals surface area (Å²) in [5.74, 6) is -2.63. The van der Waals surface area contributed by atoms with E-state index in [0.717, 1.165) is 19.2 Å². The summed E-state index contributed by atoms with van der Waals surface area (Å²) in [6, 6.07) is 2.03. The molecule has 21 heavy (non-hydrogen) atoms. The van der Waals surface area contributed by atoms with Crippen LogP contribution in [-0.4, -0.2) is 34.0 Å². The number of nitro benzene ring substituents is 1. The Hall–Kier alpha value is -2.90. The lowest BCUT2D eigenvalue weighted by Gasteiger charge is -2.05. The molecule has 0 unspecified atom stereocenters. The van der Waals surface area contributed by atoms with E-state index in [1.807, 2.05) is 0 Å². The van der Waals surface area contributed by atoms with E-state index in [1.54, 1.807) is 0 Å². The van der Waals surface area contributed by atoms with Gasteiger partial charge in [-0.15, -0.1) is 0 Å². The molecule has 0 atom stereocenters. The van der Waals surface area contributed by atoms with Crippen LogP contribution in [0.15, 0.2) is 17.7 Å². The number of nitro groups is 1. The van der Waals surface area contributed by atoms with E-state index in [9.17, 15) is 29.9 Å². The molecule has 8 nitrogen and oxygen atoms in total. The Balaban J connectivity index is 3.31. The van der Waals surface area contributed by atoms with Gasteiger partial charge in [-0.25, -0.2) is 0 Å². The van der Waals surface area contributed by atoms with Crippen molar-refractivity contribution in [3.63, 3.8) is 0 Å². The topological polar surface area (TPSA) is 127 Å². The first-order chi connectivity index (χ1) is 9.76. The molecule has 0 saturated heterocycles. The normalized spacial score (nSPS) is 11.0. The molecule has 1 aromatic rings. The van der Waals surface area contributed by atoms with Crippen LogP contribution in [0.1, 0.15) is 18.9 Å². The van der Waals surface area contributed by atoms with Crippen molar-refractivity contribution >= 4 is 23.5 Å². The quantitative estimate of drug-likeness (QED) is 0.277. The molecular weight excluding hydrogens is 282 g/mol. The molecule has 0 bridgehead atoms. The number of methoxy groups -OCH3 is 1. The van der Waals surface area contributed by atoms with E-state index in [1.165, 1.54) is 13.0 Å². The van der Waals surface area contributed by atoms with Crippen LogP contribution in [-0.2, 0) is 14.3 Å². The third-order valence-corrected chi connectivity index (χ3v) is 2.64. The van der Waals surface area contributed by atoms with Gasteiger partial charge in [0.05, 0.1) is 18.5 Å². The maximum absolute atomic E-state index is 11.4. The van der Waals surface area contributed by atoms with Crippen LogP contribution in [0.5, 0.6) is 11.5 Å². The highest BCUT2D eigenvalue weighted by molar-refractivity contribution is 6.01. The van der Waals surface area contributed by atoms with Gasteiger partial charge in [-0.3, -0.25) is 19.7 Å². The lowest BCUT2D eigenvalue weighted by atomic mass is 10.0. The fourth-order valence-corrected chi connectivity index (χ4v) is 1.55. The minimum Gasteiger partial charge on any atom is -0.504 e. The molecular formula is C13H13NO7. The molecule has 8 heteroatoms. The summed E-state index contributed by atoms with van der Waals surface area (Å²) >= 11 is 0. The summed E-state index contributed by atoms with van der Waals surface area (Å²) in [4.78, 5) is 32.5. The van der Waals surface area contributed by atoms with Crippen LogP contribution in [0.25, 0.3) is 6.08 Å². The zero-order valence-electron chi connectivity index (χ0n) is 11.3. The van der Waals surface area contributed by atoms with Crippen LogP contribution < -0.4 is 0 Å². The number of carbonyl (C=O) groups excluding carboxylic acids is 2. The summed E-state index contributed by atoms with van der Waals surface area (Å²) in [7, 11) is 1.16. The van der Waals surface area contributed by atoms with Gasteiger partial charge in [-0.05, 0) is 24.6 Å². The molecule has 0 saturated carbocycles. The van der Waals surface area contributed by atoms with E-state index >= 15 is 0 Å². The first-order valence-corrected chi connectivity index (χ1v) is 5.75. The van der Waals surface area contributed by atoms with Crippen molar-refractivity contribution in [2.45, 2.75) is 13.3 Å². The van der Waals surface area contributed by atoms with Gasteiger partial charge >= 0.3 is 11.7 Å². The van der Waals surface area contributed by atoms with Crippen molar-refractivity contribution in [3.05, 3.63) is 33.4 Å². The average Bonchev–Trinajstić information content (AvgIpc) is 2.41. The van der Waals surface area contributed by atoms with Crippen LogP contribution >= 0.6 is 0 Å². The number of esters is 1. The third kappa shape index (κ3) is 4.03. The lowest BCUT2D eigenvalue weighted by molar-refractivity contribution is -0.386. The maximum Gasteiger partial charge on any atom is 0.315 e. The minimum absolute atomic E-state index is 0.0567. The van der Waals surface area contributed by atoms with Gasteiger partial charge in [0.1, 0.15) is 0 Å². The molecule has 0 heterocycles. The minimum atomic E-state index is -0.875. The monoisotopic (exact) mass is 295 g/mol. The predicted molar refractivity (Wildman–Crippen MR) is 71.7 cm³/mol. The van der Waals surface area contributed by atoms with E-state index in [-0.39, 0.29) is 17.6 Å². The summed E-state index contributed by atoms with van der Waals surface area (Å²) in [6.07, 6.45) is 0.909. The molecule has 1 rings (SSSR count). The highest BCUT2D eigenvalue weighted by Gasteiger charge is 2.19. The molecule has 112 valence electrons. The number of aromatic hydroxyl groups is 2. The molecule has 0 aliphatic carbocycles. The van der Waals surface area contributed by atoms with Crippen molar-refractivity contribution in [2.24, 2.45) is 0 Å². The number of ketones is 1. The highest BCUT2D eigenvalue weighted by Crippen LogP contribution is 2.36. The average molecular weight is 295 g/mol. The fraction of sp³-hybridized carbons (Fsp3) is 0.231. The maximum atomic E-state index is 11.4. The number of phenolic OH excluding ortho intramolecular Hbond substituents is 2. The van der Waals surface area contributed by atoms with Crippen molar-refractivity contribution < 1.29 is 29.5 Å². The zero-order chi connectivity index (χ0) is 16.2. The highest BCUT2D eigenvalue weighted by atomic mass is 16.6. The molecule has 0 aliphatic heterocycles. The lowest BCUT2D eigenvalue weighted by Crippen LogP contribution is -2.06. The number of hydrogen-bond acceptors (Lipinski definition) is 7. The summed E-state index contributed by atoms with van der Waals surface area (Å²) in [6.45, 7) is 1.23. The fourth-order valence-electron chi connectivity index (χ4n) is 1.55. The predicted octanol–water partition coefficient (Wildman–Crippen LogP) is 1.54. The van der Waals surface area contributed by atoms with Crippen molar-refractivity contribution in [1.82, 2.24) is 0 Å². The van der Waals surface area contributed by atoms with Crippen LogP contribution in [0.3, 0.4) is 0 Å². The van der Waals surface area contributed by atoms with Gasteiger partial charge in [-0.1, -0.05) is 0 Å². The second-order valence-corrected chi connectivity index (χ2v) is 4.14. The molecule has 0 spiro atoms. The number of ether oxygens (including phenoxy) is 1. The van der Waals surface area contributed by atoms with Gasteiger partial charge in [0.2, 0.25) is 5.75 Å². The second kappa shape index (κ2) is 6.51. The molecule has 1 aromatic carbocycles. The zero-order valence-corrected chi connectivity index (χ0v) is 11.3. The number of nitrogens with zero attached hydrogens (tertiary/aromatic N) is 1. The van der Waals surface area contributed by atoms with E-state index in [4.69, 9.17) is 0 Å². The van der Waals surface area contributed by atoms with Gasteiger partial charge in [0, 0.05) is 11.6 Å². The number of rotatable bonds is 5. The van der Waals surface area contributed by atoms with Gasteiger partial charge in [0.15, 0.2) is 11.5 Å². The molecule has 0 aliphatic rings. The molecule has 0 amide bonds. The largest absolute Gasteiger partial charge is 0.504 e. The summed E-state index contributed by atoms with van der Waals surface area (Å²) in [5.41, 5.74) is -0.547. The number of phenols is 2. The smallest absolute Gasteiger partial charge is 0.315 e. The molecule has 0 aromatic heterocycles. The summed E-state index contributed by atoms with van der Waals surface area (Å²) < 4.78 is 4.44. The Labute approximate surface area is 119 Å². The number of hydrogen-bond donors (Lipinski definition) is 2. The Bertz CT molecular complexity index is 634. The third-order valence-electron chi connectivity index (χ3n) is 2.64. The second-order valence-electron chi connectivity index (χ2n) is 4.14. The molecule has 0 fully saturated rings. The first kappa shape index (κ1) is 16.2. The van der Waals surface area contributed by atoms with Crippen LogP contribution in [0.2, 0.25) is 0 Å². The van der Waals surface area contributed by atoms with Gasteiger partial charge in [0.25, 0.3) is 0 Å². The Morgan fingerprint density at radius 3 is 2.48 bits per heavy atom. The molecule has 0 radical (unpaired) electrons. The Morgan fingerprint density at radius 2 is 2.00 bits per heavy atom. The van der Waals surface area contributed by atoms with E-state index < -0.39 is 33.9 Å². The van der Waals surface area contributed by atoms with Crippen molar-refractivity contribution in [2.75, 3.05) is 7.11 Å². The van der Waals surface area contributed by atoms with Crippen molar-refractivity contribution in [3.8, 4) is 11.5 Å². The number of Topliss-reactive ketones (excluding diaryl/α,β-unsaturated/α-hetero) is 1. The van der Waals surface area contributed by atoms with E-state index in [0.29, 0.717) is 0 Å². The Morgan fingerprint density at radius 1 is 1.38 bits per heavy atom. The van der Waals surface area contributed by atoms with Gasteiger partial charge < -0.3 is 14.9 Å². The molecule has 2 N–H and O–H groups in total. The summed E-state index contributed by atoms with van der Waals surface area (Å²) in [5, 5.41) is 29.6. The standard InChI is InChI=1S/C13H13NO7/c1-7(15)9(6-12(17)21-2)3-8-4-10(14(19)20)13(18)11(16)5-8/h3-5,16,18H,6H2,1-2H3/b9-3+. The first-order valence-electron chi connectivity index (χ1n) is 5.75. The van der Waals surface area contributed by atoms with Crippen LogP contribution in [0.4, 0.5) is 5.69 Å². The van der Waals surface area contributed by atoms with Crippen molar-refractivity contribution in [1.29, 1.82) is 0 Å². The Kier molecular flexibility index (Phi) is 5.01. The van der Waals surface area contributed by atoms with Crippen LogP contribution in [0, 0.1) is 10.1 Å². The number of carbonyl (C=O) groups is 2. The number of benzene rings is 1. The SMILES string of the molecule is COC(=O)C/C(=C\c1cc(O)c(O)c([N+](=O)[O-])c1)C(C)=O. The van der Waals surface area contributed by atoms with E-state index in [2.05, 4.69) is 4.74 Å².